The molecule has 8 heteroatoms. The van der Waals surface area contributed by atoms with Gasteiger partial charge in [-0.3, -0.25) is 9.89 Å². The van der Waals surface area contributed by atoms with Crippen molar-refractivity contribution in [1.82, 2.24) is 15.1 Å². The molecule has 1 saturated heterocycles. The molecule has 3 aromatic rings. The molecule has 0 bridgehead atoms. The van der Waals surface area contributed by atoms with Crippen LogP contribution in [0.4, 0.5) is 14.6 Å². The number of nitrogens with zero attached hydrogens (tertiary/aromatic N) is 3. The molecule has 0 atom stereocenters. The fourth-order valence-corrected chi connectivity index (χ4v) is 3.14. The molecule has 2 aromatic carbocycles. The van der Waals surface area contributed by atoms with E-state index in [2.05, 4.69) is 20.5 Å². The van der Waals surface area contributed by atoms with E-state index in [4.69, 9.17) is 0 Å². The van der Waals surface area contributed by atoms with E-state index in [0.29, 0.717) is 23.0 Å². The average molecular weight is 395 g/mol. The van der Waals surface area contributed by atoms with Gasteiger partial charge in [0.05, 0.1) is 5.69 Å². The molecule has 0 spiro atoms. The molecule has 1 fully saturated rings. The number of aliphatic imine (C=N–C) groups is 1. The van der Waals surface area contributed by atoms with Crippen LogP contribution in [0.2, 0.25) is 0 Å². The Bertz CT molecular complexity index is 1020. The maximum Gasteiger partial charge on any atom is 0.280 e. The Hall–Kier alpha value is -3.55. The molecule has 1 aromatic heterocycles. The summed E-state index contributed by atoms with van der Waals surface area (Å²) in [7, 11) is 0. The van der Waals surface area contributed by atoms with Crippen LogP contribution in [-0.2, 0) is 0 Å². The van der Waals surface area contributed by atoms with E-state index in [9.17, 15) is 13.6 Å². The minimum atomic E-state index is -0.464. The number of H-pyrrole nitrogens is 1. The van der Waals surface area contributed by atoms with E-state index in [1.807, 2.05) is 4.90 Å². The normalized spacial score (nSPS) is 14.3. The third kappa shape index (κ3) is 4.48. The van der Waals surface area contributed by atoms with Crippen LogP contribution in [0.3, 0.4) is 0 Å². The van der Waals surface area contributed by atoms with Crippen molar-refractivity contribution in [3.05, 3.63) is 71.8 Å². The summed E-state index contributed by atoms with van der Waals surface area (Å²) in [5.74, 6) is -0.299. The lowest BCUT2D eigenvalue weighted by Crippen LogP contribution is -2.35. The molecular weight excluding hydrogens is 376 g/mol. The number of amides is 1. The number of carbonyl (C=O) groups excluding carboxylic acids is 1. The minimum absolute atomic E-state index is 0.305. The summed E-state index contributed by atoms with van der Waals surface area (Å²) in [5.41, 5.74) is 1.80. The number of rotatable bonds is 3. The number of likely N-dealkylation sites (tertiary alicyclic amines) is 1. The number of benzene rings is 2. The zero-order valence-electron chi connectivity index (χ0n) is 15.5. The van der Waals surface area contributed by atoms with Gasteiger partial charge in [-0.15, -0.1) is 0 Å². The molecule has 148 valence electrons. The van der Waals surface area contributed by atoms with Gasteiger partial charge in [0.25, 0.3) is 5.91 Å². The number of anilines is 1. The van der Waals surface area contributed by atoms with Gasteiger partial charge in [0, 0.05) is 24.7 Å². The first-order valence-corrected chi connectivity index (χ1v) is 9.30. The molecule has 0 saturated carbocycles. The van der Waals surface area contributed by atoms with Gasteiger partial charge < -0.3 is 10.2 Å². The molecule has 2 N–H and O–H groups in total. The standard InChI is InChI=1S/C21H19F2N5O/c22-16-7-3-14(4-8-16)18-13-19(27-26-18)24-21(28-11-1-2-12-28)25-20(29)15-5-9-17(23)10-6-15/h3-10,13H,1-2,11-12H2,(H2,24,25,26,27,29). The van der Waals surface area contributed by atoms with Crippen LogP contribution in [0, 0.1) is 11.6 Å². The van der Waals surface area contributed by atoms with Gasteiger partial charge in [-0.2, -0.15) is 10.1 Å². The van der Waals surface area contributed by atoms with Crippen molar-refractivity contribution in [2.24, 2.45) is 4.99 Å². The maximum absolute atomic E-state index is 13.1. The van der Waals surface area contributed by atoms with Gasteiger partial charge in [0.2, 0.25) is 5.96 Å². The Morgan fingerprint density at radius 3 is 2.28 bits per heavy atom. The number of nitrogens with one attached hydrogen (secondary N) is 2. The zero-order chi connectivity index (χ0) is 20.2. The Morgan fingerprint density at radius 2 is 1.62 bits per heavy atom. The lowest BCUT2D eigenvalue weighted by atomic mass is 10.1. The Labute approximate surface area is 166 Å². The predicted octanol–water partition coefficient (Wildman–Crippen LogP) is 4.06. The second kappa shape index (κ2) is 8.22. The van der Waals surface area contributed by atoms with E-state index in [1.54, 1.807) is 18.2 Å². The maximum atomic E-state index is 13.1. The highest BCUT2D eigenvalue weighted by atomic mass is 19.1. The van der Waals surface area contributed by atoms with E-state index >= 15 is 0 Å². The fraction of sp³-hybridized carbons (Fsp3) is 0.190. The van der Waals surface area contributed by atoms with Crippen molar-refractivity contribution in [2.75, 3.05) is 18.4 Å². The van der Waals surface area contributed by atoms with Crippen molar-refractivity contribution in [3.8, 4) is 11.3 Å². The van der Waals surface area contributed by atoms with Gasteiger partial charge in [0.1, 0.15) is 11.6 Å². The van der Waals surface area contributed by atoms with Crippen molar-refractivity contribution >= 4 is 17.7 Å². The molecular formula is C21H19F2N5O. The van der Waals surface area contributed by atoms with Crippen LogP contribution >= 0.6 is 0 Å². The summed E-state index contributed by atoms with van der Waals surface area (Å²) >= 11 is 0. The van der Waals surface area contributed by atoms with Crippen LogP contribution in [0.1, 0.15) is 23.2 Å². The Morgan fingerprint density at radius 1 is 1.00 bits per heavy atom. The Balaban J connectivity index is 1.57. The van der Waals surface area contributed by atoms with E-state index in [0.717, 1.165) is 31.5 Å². The highest BCUT2D eigenvalue weighted by Gasteiger charge is 2.19. The molecule has 1 amide bonds. The number of aromatic nitrogens is 2. The molecule has 1 aliphatic heterocycles. The minimum Gasteiger partial charge on any atom is -0.342 e. The van der Waals surface area contributed by atoms with Crippen molar-refractivity contribution in [2.45, 2.75) is 12.8 Å². The second-order valence-electron chi connectivity index (χ2n) is 6.74. The van der Waals surface area contributed by atoms with Gasteiger partial charge >= 0.3 is 0 Å². The van der Waals surface area contributed by atoms with Crippen molar-refractivity contribution in [3.63, 3.8) is 0 Å². The smallest absolute Gasteiger partial charge is 0.280 e. The third-order valence-corrected chi connectivity index (χ3v) is 4.68. The van der Waals surface area contributed by atoms with Crippen LogP contribution in [-0.4, -0.2) is 40.1 Å². The number of halogens is 2. The zero-order valence-corrected chi connectivity index (χ0v) is 15.5. The summed E-state index contributed by atoms with van der Waals surface area (Å²) in [6, 6.07) is 13.1. The summed E-state index contributed by atoms with van der Waals surface area (Å²) < 4.78 is 26.2. The largest absolute Gasteiger partial charge is 0.342 e. The fourth-order valence-electron chi connectivity index (χ4n) is 3.14. The first-order valence-electron chi connectivity index (χ1n) is 9.30. The molecule has 0 radical (unpaired) electrons. The molecule has 6 nitrogen and oxygen atoms in total. The van der Waals surface area contributed by atoms with Gasteiger partial charge in [-0.25, -0.2) is 8.78 Å². The average Bonchev–Trinajstić information content (AvgIpc) is 3.41. The van der Waals surface area contributed by atoms with Crippen LogP contribution < -0.4 is 5.32 Å². The lowest BCUT2D eigenvalue weighted by molar-refractivity contribution is 0.100. The molecule has 0 aliphatic carbocycles. The molecule has 0 unspecified atom stereocenters. The van der Waals surface area contributed by atoms with E-state index in [1.165, 1.54) is 36.4 Å². The Kier molecular flexibility index (Phi) is 5.33. The predicted molar refractivity (Wildman–Crippen MR) is 107 cm³/mol. The molecule has 2 heterocycles. The topological polar surface area (TPSA) is 73.4 Å². The SMILES string of the molecule is O=C(/N=C(\Nc1cc(-c2ccc(F)cc2)[nH]n1)N1CCCC1)c1ccc(F)cc1. The summed E-state index contributed by atoms with van der Waals surface area (Å²) in [5, 5.41) is 10.2. The number of guanidine groups is 1. The first-order chi connectivity index (χ1) is 14.1. The summed E-state index contributed by atoms with van der Waals surface area (Å²) in [6.45, 7) is 1.55. The van der Waals surface area contributed by atoms with E-state index < -0.39 is 11.7 Å². The highest BCUT2D eigenvalue weighted by Crippen LogP contribution is 2.21. The number of carbonyl (C=O) groups is 1. The lowest BCUT2D eigenvalue weighted by Gasteiger charge is -2.19. The van der Waals surface area contributed by atoms with Crippen molar-refractivity contribution in [1.29, 1.82) is 0 Å². The summed E-state index contributed by atoms with van der Waals surface area (Å²) in [4.78, 5) is 18.7. The second-order valence-corrected chi connectivity index (χ2v) is 6.74. The number of hydrogen-bond acceptors (Lipinski definition) is 2. The third-order valence-electron chi connectivity index (χ3n) is 4.68. The van der Waals surface area contributed by atoms with Crippen LogP contribution in [0.5, 0.6) is 0 Å². The quantitative estimate of drug-likeness (QED) is 0.518. The van der Waals surface area contributed by atoms with Crippen LogP contribution in [0.25, 0.3) is 11.3 Å². The summed E-state index contributed by atoms with van der Waals surface area (Å²) in [6.07, 6.45) is 2.01. The number of hydrogen-bond donors (Lipinski definition) is 2. The van der Waals surface area contributed by atoms with Crippen LogP contribution in [0.15, 0.2) is 59.6 Å². The monoisotopic (exact) mass is 395 g/mol. The number of aromatic amines is 1. The molecule has 4 rings (SSSR count). The van der Waals surface area contributed by atoms with E-state index in [-0.39, 0.29) is 5.82 Å². The van der Waals surface area contributed by atoms with Crippen molar-refractivity contribution < 1.29 is 13.6 Å². The van der Waals surface area contributed by atoms with Gasteiger partial charge in [-0.1, -0.05) is 0 Å². The first kappa shape index (κ1) is 18.8. The van der Waals surface area contributed by atoms with Gasteiger partial charge in [0.15, 0.2) is 5.82 Å². The molecule has 1 aliphatic rings. The van der Waals surface area contributed by atoms with Gasteiger partial charge in [-0.05, 0) is 66.9 Å². The highest BCUT2D eigenvalue weighted by molar-refractivity contribution is 6.06. The molecule has 29 heavy (non-hydrogen) atoms.